The van der Waals surface area contributed by atoms with Crippen molar-refractivity contribution in [2.24, 2.45) is 0 Å². The van der Waals surface area contributed by atoms with Crippen molar-refractivity contribution in [2.75, 3.05) is 90.1 Å². The number of unbranched alkanes of at least 4 members (excludes halogenated alkanes) is 8. The first kappa shape index (κ1) is 73.7. The number of nitrogens with one attached hydrogen (secondary N) is 11. The summed E-state index contributed by atoms with van der Waals surface area (Å²) >= 11 is 1.87. The van der Waals surface area contributed by atoms with E-state index in [0.717, 1.165) is 37.6 Å². The zero-order valence-electron chi connectivity index (χ0n) is 49.2. The Labute approximate surface area is 505 Å². The molecule has 3 heterocycles. The van der Waals surface area contributed by atoms with Crippen LogP contribution in [0.2, 0.25) is 0 Å². The molecule has 0 radical (unpaired) electrons. The van der Waals surface area contributed by atoms with Crippen LogP contribution in [0.3, 0.4) is 0 Å². The standard InChI is InChI=1S/C56H91F3N12O14S/c57-56(58,59)54(81)71-70-44-23-22-40(38-66-44)52(79)64-29-12-2-5-19-45(72)60-26-10-1-4-18-46(73)61-28-13-9-16-41(67-49(76)25-24-48(75)62-27-11-3-6-21-50(77)78)53(80)65-31-15-33-84-35-37-85-36-34-83-32-14-30-63-47(74)20-8-7-17-43-51-42(39-86-43)68-55(82)69-51/h22-23,38,41-43,51H,1-21,24-37,39H2,(H,60,72)(H,61,73)(H,62,75)(H,63,74)(H,64,79)(H,65,80)(H,66,70)(H,67,76)(H,71,81)(H,77,78)(H2,68,69,82)/t41-,42-,43-,51-/m0/s1. The van der Waals surface area contributed by atoms with Crippen molar-refractivity contribution in [1.82, 2.24) is 58.3 Å². The number of ether oxygens (including phenoxy) is 3. The predicted octanol–water partition coefficient (Wildman–Crippen LogP) is 3.15. The third-order valence-electron chi connectivity index (χ3n) is 13.6. The molecule has 2 aliphatic rings. The number of fused-ring (bicyclic) bond motifs is 1. The zero-order chi connectivity index (χ0) is 62.6. The third-order valence-corrected chi connectivity index (χ3v) is 15.1. The highest BCUT2D eigenvalue weighted by Gasteiger charge is 2.42. The maximum Gasteiger partial charge on any atom is 0.472 e. The quantitative estimate of drug-likeness (QED) is 0.0253. The Morgan fingerprint density at radius 3 is 1.64 bits per heavy atom. The fourth-order valence-corrected chi connectivity index (χ4v) is 10.4. The first-order chi connectivity index (χ1) is 41.4. The lowest BCUT2D eigenvalue weighted by atomic mass is 10.0. The molecular formula is C56H91F3N12O14S. The third kappa shape index (κ3) is 35.8. The molecule has 1 aromatic heterocycles. The highest BCUT2D eigenvalue weighted by molar-refractivity contribution is 8.00. The summed E-state index contributed by atoms with van der Waals surface area (Å²) < 4.78 is 53.7. The highest BCUT2D eigenvalue weighted by Crippen LogP contribution is 2.33. The molecule has 26 nitrogen and oxygen atoms in total. The SMILES string of the molecule is O=C(O)CCCCCNC(=O)CCC(=O)N[C@@H](CCCCNC(=O)CCCCCNC(=O)CCCCCNC(=O)c1ccc(NNC(=O)C(F)(F)F)nc1)C(=O)NCCCOCCOCCOCCCNC(=O)CCCC[C@@H]1SC[C@@H]2NC(=O)N[C@@H]21. The molecular weight excluding hydrogens is 1150 g/mol. The van der Waals surface area contributed by atoms with Crippen LogP contribution in [0.1, 0.15) is 158 Å². The number of carboxylic acid groups (broad SMARTS) is 1. The molecule has 2 aliphatic heterocycles. The van der Waals surface area contributed by atoms with E-state index in [4.69, 9.17) is 19.3 Å². The highest BCUT2D eigenvalue weighted by atomic mass is 32.2. The fourth-order valence-electron chi connectivity index (χ4n) is 8.85. The second-order valence-electron chi connectivity index (χ2n) is 20.8. The second kappa shape index (κ2) is 44.9. The number of hydrazine groups is 1. The Balaban J connectivity index is 1.18. The van der Waals surface area contributed by atoms with Crippen molar-refractivity contribution in [1.29, 1.82) is 0 Å². The van der Waals surface area contributed by atoms with Crippen LogP contribution in [0.25, 0.3) is 0 Å². The Morgan fingerprint density at radius 1 is 0.581 bits per heavy atom. The van der Waals surface area contributed by atoms with E-state index in [1.807, 2.05) is 17.2 Å². The Bertz CT molecular complexity index is 2230. The summed E-state index contributed by atoms with van der Waals surface area (Å²) in [5.41, 5.74) is 3.64. The van der Waals surface area contributed by atoms with Gasteiger partial charge in [0.1, 0.15) is 11.9 Å². The first-order valence-electron chi connectivity index (χ1n) is 30.1. The zero-order valence-corrected chi connectivity index (χ0v) is 50.1. The molecule has 2 fully saturated rings. The molecule has 1 aromatic rings. The number of pyridine rings is 1. The van der Waals surface area contributed by atoms with Crippen LogP contribution in [0.5, 0.6) is 0 Å². The molecule has 0 bridgehead atoms. The summed E-state index contributed by atoms with van der Waals surface area (Å²) in [4.78, 5) is 125. The number of anilines is 1. The van der Waals surface area contributed by atoms with Crippen LogP contribution in [0.15, 0.2) is 18.3 Å². The van der Waals surface area contributed by atoms with E-state index < -0.39 is 35.9 Å². The lowest BCUT2D eigenvalue weighted by Gasteiger charge is -2.19. The molecule has 86 heavy (non-hydrogen) atoms. The number of aromatic nitrogens is 1. The van der Waals surface area contributed by atoms with E-state index in [2.05, 4.69) is 52.8 Å². The molecule has 4 atom stereocenters. The number of aliphatic carboxylic acids is 1. The van der Waals surface area contributed by atoms with Gasteiger partial charge < -0.3 is 67.2 Å². The minimum absolute atomic E-state index is 0.0250. The summed E-state index contributed by atoms with van der Waals surface area (Å²) in [6, 6.07) is 1.99. The van der Waals surface area contributed by atoms with Gasteiger partial charge in [0.05, 0.1) is 44.1 Å². The number of halogens is 3. The molecule has 0 aromatic carbocycles. The lowest BCUT2D eigenvalue weighted by molar-refractivity contribution is -0.173. The molecule has 0 unspecified atom stereocenters. The predicted molar refractivity (Wildman–Crippen MR) is 313 cm³/mol. The Hall–Kier alpha value is -6.53. The van der Waals surface area contributed by atoms with E-state index >= 15 is 0 Å². The van der Waals surface area contributed by atoms with Gasteiger partial charge in [0.25, 0.3) is 5.91 Å². The Kier molecular flexibility index (Phi) is 38.4. The number of carbonyl (C=O) groups is 10. The number of hydrogen-bond acceptors (Lipinski definition) is 16. The molecule has 12 N–H and O–H groups in total. The smallest absolute Gasteiger partial charge is 0.472 e. The van der Waals surface area contributed by atoms with E-state index in [9.17, 15) is 61.1 Å². The number of urea groups is 1. The first-order valence-corrected chi connectivity index (χ1v) is 31.1. The average molecular weight is 1250 g/mol. The number of thioether (sulfide) groups is 1. The maximum absolute atomic E-state index is 13.3. The number of rotatable bonds is 50. The van der Waals surface area contributed by atoms with Gasteiger partial charge in [0.15, 0.2) is 0 Å². The largest absolute Gasteiger partial charge is 0.481 e. The summed E-state index contributed by atoms with van der Waals surface area (Å²) in [7, 11) is 0. The normalized spacial score (nSPS) is 15.5. The number of alkyl halides is 3. The van der Waals surface area contributed by atoms with Crippen LogP contribution in [-0.4, -0.2) is 184 Å². The van der Waals surface area contributed by atoms with Crippen LogP contribution < -0.4 is 58.7 Å². The molecule has 486 valence electrons. The van der Waals surface area contributed by atoms with Crippen molar-refractivity contribution in [3.63, 3.8) is 0 Å². The van der Waals surface area contributed by atoms with Crippen molar-refractivity contribution in [3.05, 3.63) is 23.9 Å². The molecule has 0 aliphatic carbocycles. The fraction of sp³-hybridized carbons (Fsp3) is 0.732. The Morgan fingerprint density at radius 2 is 1.08 bits per heavy atom. The monoisotopic (exact) mass is 1240 g/mol. The van der Waals surface area contributed by atoms with E-state index in [1.165, 1.54) is 17.6 Å². The van der Waals surface area contributed by atoms with Crippen LogP contribution in [-0.2, 0) is 52.6 Å². The number of amides is 10. The van der Waals surface area contributed by atoms with Crippen LogP contribution in [0.4, 0.5) is 23.8 Å². The number of carboxylic acids is 1. The minimum atomic E-state index is -5.06. The van der Waals surface area contributed by atoms with Gasteiger partial charge in [-0.2, -0.15) is 24.9 Å². The molecule has 2 saturated heterocycles. The van der Waals surface area contributed by atoms with Crippen molar-refractivity contribution < 1.29 is 80.4 Å². The van der Waals surface area contributed by atoms with Gasteiger partial charge in [0, 0.05) is 108 Å². The van der Waals surface area contributed by atoms with E-state index in [1.54, 1.807) is 0 Å². The number of nitrogens with zero attached hydrogens (tertiary/aromatic N) is 1. The van der Waals surface area contributed by atoms with Gasteiger partial charge in [-0.1, -0.05) is 25.7 Å². The summed E-state index contributed by atoms with van der Waals surface area (Å²) in [6.07, 6.45) is 7.93. The van der Waals surface area contributed by atoms with Gasteiger partial charge in [-0.25, -0.2) is 9.78 Å². The van der Waals surface area contributed by atoms with Crippen LogP contribution in [0, 0.1) is 0 Å². The summed E-state index contributed by atoms with van der Waals surface area (Å²) in [6.45, 7) is 4.68. The van der Waals surface area contributed by atoms with Gasteiger partial charge in [-0.15, -0.1) is 0 Å². The molecule has 10 amide bonds. The molecule has 0 spiro atoms. The topological polar surface area (TPSA) is 364 Å². The minimum Gasteiger partial charge on any atom is -0.481 e. The molecule has 3 rings (SSSR count). The average Bonchev–Trinajstić information content (AvgIpc) is 3.34. The lowest BCUT2D eigenvalue weighted by Crippen LogP contribution is -2.47. The molecule has 0 saturated carbocycles. The van der Waals surface area contributed by atoms with Crippen LogP contribution >= 0.6 is 11.8 Å². The van der Waals surface area contributed by atoms with Crippen molar-refractivity contribution >= 4 is 76.8 Å². The summed E-state index contributed by atoms with van der Waals surface area (Å²) in [5.74, 6) is -4.06. The van der Waals surface area contributed by atoms with Gasteiger partial charge in [-0.3, -0.25) is 54.0 Å². The van der Waals surface area contributed by atoms with Gasteiger partial charge in [-0.05, 0) is 95.6 Å². The van der Waals surface area contributed by atoms with Crippen molar-refractivity contribution in [3.8, 4) is 0 Å². The number of carbonyl (C=O) groups excluding carboxylic acids is 9. The summed E-state index contributed by atoms with van der Waals surface area (Å²) in [5, 5.41) is 34.8. The van der Waals surface area contributed by atoms with Crippen molar-refractivity contribution in [2.45, 2.75) is 177 Å². The second-order valence-corrected chi connectivity index (χ2v) is 22.1. The van der Waals surface area contributed by atoms with E-state index in [-0.39, 0.29) is 78.3 Å². The number of hydrogen-bond donors (Lipinski definition) is 12. The van der Waals surface area contributed by atoms with E-state index in [0.29, 0.717) is 187 Å². The molecule has 30 heteroatoms. The maximum atomic E-state index is 13.3. The van der Waals surface area contributed by atoms with Gasteiger partial charge >= 0.3 is 24.1 Å². The van der Waals surface area contributed by atoms with Gasteiger partial charge in [0.2, 0.25) is 35.4 Å².